The molecule has 2 heterocycles. The van der Waals surface area contributed by atoms with Crippen LogP contribution in [0.3, 0.4) is 0 Å². The van der Waals surface area contributed by atoms with Gasteiger partial charge in [-0.1, -0.05) is 11.6 Å². The number of likely N-dealkylation sites (tertiary alicyclic amines) is 1. The van der Waals surface area contributed by atoms with Crippen LogP contribution in [-0.4, -0.2) is 34.7 Å². The Bertz CT molecular complexity index is 601. The van der Waals surface area contributed by atoms with Gasteiger partial charge >= 0.3 is 6.09 Å². The van der Waals surface area contributed by atoms with Crippen molar-refractivity contribution in [1.82, 2.24) is 9.88 Å². The lowest BCUT2D eigenvalue weighted by Gasteiger charge is -2.34. The molecule has 1 aromatic rings. The number of aromatic nitrogens is 1. The summed E-state index contributed by atoms with van der Waals surface area (Å²) in [7, 11) is 0. The minimum atomic E-state index is -0.432. The smallest absolute Gasteiger partial charge is 0.410 e. The lowest BCUT2D eigenvalue weighted by molar-refractivity contribution is 0.0182. The maximum atomic E-state index is 12.3. The summed E-state index contributed by atoms with van der Waals surface area (Å²) >= 11 is 0. The summed E-state index contributed by atoms with van der Waals surface area (Å²) < 4.78 is 5.51. The SMILES string of the molecule is CC(C)(C)OC(=O)N1CCCC(C2=Cc3ccncc3C2)C1. The Labute approximate surface area is 132 Å². The van der Waals surface area contributed by atoms with Crippen LogP contribution in [0.5, 0.6) is 0 Å². The molecular formula is C18H24N2O2. The summed E-state index contributed by atoms with van der Waals surface area (Å²) in [6.07, 6.45) is 9.04. The number of nitrogens with zero attached hydrogens (tertiary/aromatic N) is 2. The number of pyridine rings is 1. The number of rotatable bonds is 1. The van der Waals surface area contributed by atoms with Gasteiger partial charge in [0.15, 0.2) is 0 Å². The van der Waals surface area contributed by atoms with Crippen LogP contribution >= 0.6 is 0 Å². The fourth-order valence-corrected chi connectivity index (χ4v) is 3.23. The van der Waals surface area contributed by atoms with E-state index < -0.39 is 5.60 Å². The third-order valence-electron chi connectivity index (χ3n) is 4.27. The molecule has 1 amide bonds. The zero-order valence-corrected chi connectivity index (χ0v) is 13.6. The molecule has 1 saturated heterocycles. The second kappa shape index (κ2) is 5.75. The molecule has 0 N–H and O–H groups in total. The molecule has 1 aliphatic carbocycles. The predicted octanol–water partition coefficient (Wildman–Crippen LogP) is 3.67. The maximum absolute atomic E-state index is 12.3. The molecule has 0 spiro atoms. The Balaban J connectivity index is 1.66. The van der Waals surface area contributed by atoms with Crippen LogP contribution in [0.25, 0.3) is 6.08 Å². The van der Waals surface area contributed by atoms with Crippen LogP contribution in [0.15, 0.2) is 24.0 Å². The number of carbonyl (C=O) groups excluding carboxylic acids is 1. The number of carbonyl (C=O) groups is 1. The number of amides is 1. The number of ether oxygens (including phenoxy) is 1. The Hall–Kier alpha value is -1.84. The Kier molecular flexibility index (Phi) is 3.94. The van der Waals surface area contributed by atoms with E-state index in [-0.39, 0.29) is 6.09 Å². The highest BCUT2D eigenvalue weighted by molar-refractivity contribution is 5.69. The molecule has 0 saturated carbocycles. The van der Waals surface area contributed by atoms with E-state index in [0.29, 0.717) is 5.92 Å². The Morgan fingerprint density at radius 1 is 1.41 bits per heavy atom. The van der Waals surface area contributed by atoms with E-state index in [1.54, 1.807) is 0 Å². The zero-order valence-electron chi connectivity index (χ0n) is 13.6. The molecule has 0 bridgehead atoms. The monoisotopic (exact) mass is 300 g/mol. The van der Waals surface area contributed by atoms with E-state index in [9.17, 15) is 4.79 Å². The van der Waals surface area contributed by atoms with Gasteiger partial charge in [0.2, 0.25) is 0 Å². The first-order valence-electron chi connectivity index (χ1n) is 8.04. The van der Waals surface area contributed by atoms with E-state index in [2.05, 4.69) is 17.1 Å². The van der Waals surface area contributed by atoms with Crippen LogP contribution in [0.2, 0.25) is 0 Å². The zero-order chi connectivity index (χ0) is 15.7. The average molecular weight is 300 g/mol. The Morgan fingerprint density at radius 2 is 2.23 bits per heavy atom. The van der Waals surface area contributed by atoms with Crippen molar-refractivity contribution in [3.05, 3.63) is 35.2 Å². The molecule has 3 rings (SSSR count). The van der Waals surface area contributed by atoms with Gasteiger partial charge in [-0.2, -0.15) is 0 Å². The molecule has 4 nitrogen and oxygen atoms in total. The van der Waals surface area contributed by atoms with Crippen LogP contribution in [0.4, 0.5) is 4.79 Å². The molecule has 0 aromatic carbocycles. The first-order valence-corrected chi connectivity index (χ1v) is 8.04. The van der Waals surface area contributed by atoms with E-state index in [0.717, 1.165) is 32.4 Å². The van der Waals surface area contributed by atoms with Crippen LogP contribution in [-0.2, 0) is 11.2 Å². The molecule has 1 atom stereocenters. The number of piperidine rings is 1. The van der Waals surface area contributed by atoms with Crippen molar-refractivity contribution in [3.63, 3.8) is 0 Å². The molecule has 22 heavy (non-hydrogen) atoms. The van der Waals surface area contributed by atoms with Gasteiger partial charge in [-0.3, -0.25) is 4.98 Å². The summed E-state index contributed by atoms with van der Waals surface area (Å²) in [5.74, 6) is 0.439. The summed E-state index contributed by atoms with van der Waals surface area (Å²) in [5, 5.41) is 0. The van der Waals surface area contributed by atoms with Gasteiger partial charge in [0.1, 0.15) is 5.60 Å². The minimum absolute atomic E-state index is 0.185. The van der Waals surface area contributed by atoms with Crippen LogP contribution in [0.1, 0.15) is 44.7 Å². The molecule has 1 aliphatic heterocycles. The van der Waals surface area contributed by atoms with Crippen molar-refractivity contribution in [2.45, 2.75) is 45.6 Å². The predicted molar refractivity (Wildman–Crippen MR) is 86.4 cm³/mol. The first-order chi connectivity index (χ1) is 10.4. The molecule has 118 valence electrons. The van der Waals surface area contributed by atoms with Crippen molar-refractivity contribution in [1.29, 1.82) is 0 Å². The van der Waals surface area contributed by atoms with Crippen molar-refractivity contribution < 1.29 is 9.53 Å². The third kappa shape index (κ3) is 3.32. The van der Waals surface area contributed by atoms with Gasteiger partial charge in [0.25, 0.3) is 0 Å². The van der Waals surface area contributed by atoms with Gasteiger partial charge in [-0.05, 0) is 63.1 Å². The summed E-state index contributed by atoms with van der Waals surface area (Å²) in [6, 6.07) is 2.07. The fourth-order valence-electron chi connectivity index (χ4n) is 3.23. The highest BCUT2D eigenvalue weighted by atomic mass is 16.6. The summed E-state index contributed by atoms with van der Waals surface area (Å²) in [5.41, 5.74) is 3.57. The molecular weight excluding hydrogens is 276 g/mol. The van der Waals surface area contributed by atoms with Crippen molar-refractivity contribution in [3.8, 4) is 0 Å². The lowest BCUT2D eigenvalue weighted by Crippen LogP contribution is -2.43. The van der Waals surface area contributed by atoms with E-state index >= 15 is 0 Å². The molecule has 1 unspecified atom stereocenters. The first kappa shape index (κ1) is 15.1. The van der Waals surface area contributed by atoms with Gasteiger partial charge in [0.05, 0.1) is 0 Å². The maximum Gasteiger partial charge on any atom is 0.410 e. The Morgan fingerprint density at radius 3 is 2.95 bits per heavy atom. The highest BCUT2D eigenvalue weighted by Crippen LogP contribution is 2.33. The quantitative estimate of drug-likeness (QED) is 0.794. The normalized spacial score (nSPS) is 21.3. The standard InChI is InChI=1S/C18H24N2O2/c1-18(2,3)22-17(21)20-8-4-5-14(12-20)15-9-13-6-7-19-11-16(13)10-15/h6-7,9,11,14H,4-5,8,10,12H2,1-3H3. The molecule has 1 aromatic heterocycles. The number of hydrogen-bond acceptors (Lipinski definition) is 3. The second-order valence-corrected chi connectivity index (χ2v) is 7.24. The van der Waals surface area contributed by atoms with E-state index in [1.807, 2.05) is 38.1 Å². The summed E-state index contributed by atoms with van der Waals surface area (Å²) in [6.45, 7) is 7.30. The van der Waals surface area contributed by atoms with E-state index in [4.69, 9.17) is 4.74 Å². The molecule has 1 fully saturated rings. The van der Waals surface area contributed by atoms with Crippen LogP contribution in [0, 0.1) is 5.92 Å². The molecule has 4 heteroatoms. The molecule has 2 aliphatic rings. The number of fused-ring (bicyclic) bond motifs is 1. The van der Waals surface area contributed by atoms with Crippen molar-refractivity contribution >= 4 is 12.2 Å². The van der Waals surface area contributed by atoms with Gasteiger partial charge in [-0.15, -0.1) is 0 Å². The average Bonchev–Trinajstić information content (AvgIpc) is 2.89. The summed E-state index contributed by atoms with van der Waals surface area (Å²) in [4.78, 5) is 18.3. The van der Waals surface area contributed by atoms with E-state index in [1.165, 1.54) is 16.7 Å². The number of hydrogen-bond donors (Lipinski definition) is 0. The van der Waals surface area contributed by atoms with Crippen LogP contribution < -0.4 is 0 Å². The second-order valence-electron chi connectivity index (χ2n) is 7.24. The largest absolute Gasteiger partial charge is 0.444 e. The van der Waals surface area contributed by atoms with Gasteiger partial charge in [-0.25, -0.2) is 4.79 Å². The minimum Gasteiger partial charge on any atom is -0.444 e. The van der Waals surface area contributed by atoms with Gasteiger partial charge in [0, 0.05) is 25.5 Å². The van der Waals surface area contributed by atoms with Crippen molar-refractivity contribution in [2.75, 3.05) is 13.1 Å². The topological polar surface area (TPSA) is 42.4 Å². The molecule has 0 radical (unpaired) electrons. The lowest BCUT2D eigenvalue weighted by atomic mass is 9.89. The van der Waals surface area contributed by atoms with Crippen molar-refractivity contribution in [2.24, 2.45) is 5.92 Å². The van der Waals surface area contributed by atoms with Gasteiger partial charge < -0.3 is 9.64 Å². The fraction of sp³-hybridized carbons (Fsp3) is 0.556. The highest BCUT2D eigenvalue weighted by Gasteiger charge is 2.30. The third-order valence-corrected chi connectivity index (χ3v) is 4.27.